The highest BCUT2D eigenvalue weighted by Gasteiger charge is 2.06. The molecule has 18 heavy (non-hydrogen) atoms. The topological polar surface area (TPSA) is 39.2 Å². The van der Waals surface area contributed by atoms with Crippen molar-refractivity contribution in [3.63, 3.8) is 0 Å². The van der Waals surface area contributed by atoms with Crippen LogP contribution in [0.25, 0.3) is 0 Å². The molecule has 0 aliphatic rings. The molecule has 1 heterocycles. The number of nitrogens with zero attached hydrogens (tertiary/aromatic N) is 1. The van der Waals surface area contributed by atoms with Crippen LogP contribution in [0.1, 0.15) is 28.5 Å². The van der Waals surface area contributed by atoms with Gasteiger partial charge in [-0.15, -0.1) is 0 Å². The first-order valence-corrected chi connectivity index (χ1v) is 5.82. The zero-order chi connectivity index (χ0) is 13.0. The van der Waals surface area contributed by atoms with Crippen LogP contribution in [0.5, 0.6) is 5.88 Å². The van der Waals surface area contributed by atoms with Crippen LogP contribution >= 0.6 is 0 Å². The monoisotopic (exact) mass is 241 g/mol. The van der Waals surface area contributed by atoms with E-state index in [0.717, 1.165) is 5.56 Å². The lowest BCUT2D eigenvalue weighted by Gasteiger charge is -2.07. The van der Waals surface area contributed by atoms with Crippen LogP contribution in [0.3, 0.4) is 0 Å². The van der Waals surface area contributed by atoms with Crippen molar-refractivity contribution < 1.29 is 9.53 Å². The van der Waals surface area contributed by atoms with Gasteiger partial charge in [0.25, 0.3) is 0 Å². The van der Waals surface area contributed by atoms with Crippen molar-refractivity contribution >= 4 is 5.78 Å². The third kappa shape index (κ3) is 2.94. The van der Waals surface area contributed by atoms with Gasteiger partial charge in [0.2, 0.25) is 5.88 Å². The summed E-state index contributed by atoms with van der Waals surface area (Å²) in [7, 11) is 0. The van der Waals surface area contributed by atoms with Crippen molar-refractivity contribution in [3.8, 4) is 5.88 Å². The smallest absolute Gasteiger partial charge is 0.213 e. The summed E-state index contributed by atoms with van der Waals surface area (Å²) in [6.07, 6.45) is 0. The van der Waals surface area contributed by atoms with Gasteiger partial charge in [0.15, 0.2) is 5.78 Å². The van der Waals surface area contributed by atoms with Crippen LogP contribution < -0.4 is 4.74 Å². The molecule has 0 aliphatic heterocycles. The lowest BCUT2D eigenvalue weighted by Crippen LogP contribution is -2.02. The first-order valence-electron chi connectivity index (χ1n) is 5.82. The third-order valence-corrected chi connectivity index (χ3v) is 2.67. The van der Waals surface area contributed by atoms with Gasteiger partial charge >= 0.3 is 0 Å². The predicted molar refractivity (Wildman–Crippen MR) is 69.8 cm³/mol. The zero-order valence-electron chi connectivity index (χ0n) is 10.5. The number of hydrogen-bond donors (Lipinski definition) is 0. The Balaban J connectivity index is 2.07. The SMILES string of the molecule is CC(=O)c1ccc(OCc2ccccc2)nc1C. The molecule has 2 aromatic rings. The minimum Gasteiger partial charge on any atom is -0.473 e. The van der Waals surface area contributed by atoms with Crippen molar-refractivity contribution in [2.75, 3.05) is 0 Å². The quantitative estimate of drug-likeness (QED) is 0.772. The van der Waals surface area contributed by atoms with Crippen LogP contribution in [-0.4, -0.2) is 10.8 Å². The van der Waals surface area contributed by atoms with Crippen LogP contribution in [0.2, 0.25) is 0 Å². The number of hydrogen-bond acceptors (Lipinski definition) is 3. The van der Waals surface area contributed by atoms with Gasteiger partial charge in [0.1, 0.15) is 6.61 Å². The lowest BCUT2D eigenvalue weighted by molar-refractivity contribution is 0.101. The first-order chi connectivity index (χ1) is 8.66. The number of carbonyl (C=O) groups is 1. The molecular weight excluding hydrogens is 226 g/mol. The number of carbonyl (C=O) groups excluding carboxylic acids is 1. The largest absolute Gasteiger partial charge is 0.473 e. The van der Waals surface area contributed by atoms with Crippen molar-refractivity contribution in [1.29, 1.82) is 0 Å². The van der Waals surface area contributed by atoms with Gasteiger partial charge in [-0.3, -0.25) is 4.79 Å². The minimum atomic E-state index is 0.0228. The molecule has 3 nitrogen and oxygen atoms in total. The molecule has 0 unspecified atom stereocenters. The molecular formula is C15H15NO2. The maximum atomic E-state index is 11.3. The molecule has 0 saturated heterocycles. The number of benzene rings is 1. The Labute approximate surface area is 106 Å². The zero-order valence-corrected chi connectivity index (χ0v) is 10.5. The van der Waals surface area contributed by atoms with E-state index in [1.807, 2.05) is 37.3 Å². The van der Waals surface area contributed by atoms with Crippen molar-refractivity contribution in [2.45, 2.75) is 20.5 Å². The molecule has 1 aromatic carbocycles. The van der Waals surface area contributed by atoms with Crippen LogP contribution in [0.15, 0.2) is 42.5 Å². The molecule has 0 amide bonds. The van der Waals surface area contributed by atoms with E-state index in [1.54, 1.807) is 12.1 Å². The summed E-state index contributed by atoms with van der Waals surface area (Å²) in [4.78, 5) is 15.5. The van der Waals surface area contributed by atoms with Crippen LogP contribution in [0, 0.1) is 6.92 Å². The Morgan fingerprint density at radius 3 is 2.50 bits per heavy atom. The van der Waals surface area contributed by atoms with E-state index in [2.05, 4.69) is 4.98 Å². The van der Waals surface area contributed by atoms with E-state index < -0.39 is 0 Å². The molecule has 0 radical (unpaired) electrons. The summed E-state index contributed by atoms with van der Waals surface area (Å²) in [6.45, 7) is 3.83. The Morgan fingerprint density at radius 2 is 1.89 bits per heavy atom. The third-order valence-electron chi connectivity index (χ3n) is 2.67. The maximum Gasteiger partial charge on any atom is 0.213 e. The second-order valence-corrected chi connectivity index (χ2v) is 4.11. The Morgan fingerprint density at radius 1 is 1.17 bits per heavy atom. The number of aromatic nitrogens is 1. The van der Waals surface area contributed by atoms with Crippen molar-refractivity contribution in [2.24, 2.45) is 0 Å². The number of aryl methyl sites for hydroxylation is 1. The molecule has 0 spiro atoms. The predicted octanol–water partition coefficient (Wildman–Crippen LogP) is 3.17. The summed E-state index contributed by atoms with van der Waals surface area (Å²) < 4.78 is 5.59. The summed E-state index contributed by atoms with van der Waals surface area (Å²) >= 11 is 0. The minimum absolute atomic E-state index is 0.0228. The van der Waals surface area contributed by atoms with E-state index in [9.17, 15) is 4.79 Å². The number of rotatable bonds is 4. The summed E-state index contributed by atoms with van der Waals surface area (Å²) in [6, 6.07) is 13.4. The standard InChI is InChI=1S/C15H15NO2/c1-11-14(12(2)17)8-9-15(16-11)18-10-13-6-4-3-5-7-13/h3-9H,10H2,1-2H3. The maximum absolute atomic E-state index is 11.3. The van der Waals surface area contributed by atoms with Gasteiger partial charge in [-0.1, -0.05) is 30.3 Å². The fraction of sp³-hybridized carbons (Fsp3) is 0.200. The lowest BCUT2D eigenvalue weighted by atomic mass is 10.1. The van der Waals surface area contributed by atoms with Gasteiger partial charge in [-0.05, 0) is 25.5 Å². The average Bonchev–Trinajstić information content (AvgIpc) is 2.37. The van der Waals surface area contributed by atoms with E-state index >= 15 is 0 Å². The normalized spacial score (nSPS) is 10.1. The average molecular weight is 241 g/mol. The highest BCUT2D eigenvalue weighted by atomic mass is 16.5. The highest BCUT2D eigenvalue weighted by molar-refractivity contribution is 5.95. The number of pyridine rings is 1. The molecule has 0 saturated carbocycles. The highest BCUT2D eigenvalue weighted by Crippen LogP contribution is 2.14. The second kappa shape index (κ2) is 5.45. The number of Topliss-reactive ketones (excluding diaryl/α,β-unsaturated/α-hetero) is 1. The van der Waals surface area contributed by atoms with Gasteiger partial charge < -0.3 is 4.74 Å². The van der Waals surface area contributed by atoms with Gasteiger partial charge in [0.05, 0.1) is 5.69 Å². The van der Waals surface area contributed by atoms with E-state index in [1.165, 1.54) is 6.92 Å². The Hall–Kier alpha value is -2.16. The fourth-order valence-electron chi connectivity index (χ4n) is 1.72. The first kappa shape index (κ1) is 12.3. The molecule has 3 heteroatoms. The van der Waals surface area contributed by atoms with Crippen molar-refractivity contribution in [1.82, 2.24) is 4.98 Å². The van der Waals surface area contributed by atoms with E-state index in [-0.39, 0.29) is 5.78 Å². The fourth-order valence-corrected chi connectivity index (χ4v) is 1.72. The molecule has 0 aliphatic carbocycles. The van der Waals surface area contributed by atoms with Crippen LogP contribution in [0.4, 0.5) is 0 Å². The van der Waals surface area contributed by atoms with E-state index in [0.29, 0.717) is 23.7 Å². The summed E-state index contributed by atoms with van der Waals surface area (Å²) in [5.41, 5.74) is 2.43. The molecule has 0 atom stereocenters. The van der Waals surface area contributed by atoms with Gasteiger partial charge in [-0.2, -0.15) is 0 Å². The Kier molecular flexibility index (Phi) is 3.72. The molecule has 0 bridgehead atoms. The molecule has 0 fully saturated rings. The second-order valence-electron chi connectivity index (χ2n) is 4.11. The molecule has 1 aromatic heterocycles. The summed E-state index contributed by atoms with van der Waals surface area (Å²) in [5.74, 6) is 0.566. The van der Waals surface area contributed by atoms with Crippen molar-refractivity contribution in [3.05, 3.63) is 59.3 Å². The van der Waals surface area contributed by atoms with Gasteiger partial charge in [-0.25, -0.2) is 4.98 Å². The molecule has 92 valence electrons. The van der Waals surface area contributed by atoms with Gasteiger partial charge in [0, 0.05) is 11.6 Å². The van der Waals surface area contributed by atoms with Crippen LogP contribution in [-0.2, 0) is 6.61 Å². The Bertz CT molecular complexity index is 550. The molecule has 0 N–H and O–H groups in total. The number of ketones is 1. The summed E-state index contributed by atoms with van der Waals surface area (Å²) in [5, 5.41) is 0. The van der Waals surface area contributed by atoms with E-state index in [4.69, 9.17) is 4.74 Å². The number of ether oxygens (including phenoxy) is 1. The molecule has 2 rings (SSSR count).